The van der Waals surface area contributed by atoms with E-state index in [1.807, 2.05) is 4.90 Å². The van der Waals surface area contributed by atoms with Crippen molar-refractivity contribution in [2.75, 3.05) is 20.3 Å². The normalized spacial score (nSPS) is 19.9. The van der Waals surface area contributed by atoms with Crippen molar-refractivity contribution in [3.05, 3.63) is 47.5 Å². The number of likely N-dealkylation sites (tertiary alicyclic amines) is 1. The van der Waals surface area contributed by atoms with Gasteiger partial charge in [0.05, 0.1) is 29.6 Å². The Kier molecular flexibility index (Phi) is 5.41. The number of ether oxygens (including phenoxy) is 1. The summed E-state index contributed by atoms with van der Waals surface area (Å²) >= 11 is 0. The molecule has 0 spiro atoms. The van der Waals surface area contributed by atoms with Crippen LogP contribution < -0.4 is 0 Å². The predicted octanol–water partition coefficient (Wildman–Crippen LogP) is 3.74. The molecule has 1 aromatic heterocycles. The summed E-state index contributed by atoms with van der Waals surface area (Å²) in [6, 6.07) is 6.44. The molecule has 1 atom stereocenters. The van der Waals surface area contributed by atoms with Crippen molar-refractivity contribution in [2.45, 2.75) is 45.1 Å². The number of halogens is 1. The zero-order chi connectivity index (χ0) is 18.7. The van der Waals surface area contributed by atoms with Crippen LogP contribution in [0.25, 0.3) is 5.69 Å². The van der Waals surface area contributed by atoms with Crippen LogP contribution in [0.2, 0.25) is 0 Å². The summed E-state index contributed by atoms with van der Waals surface area (Å²) in [5.74, 6) is -0.410. The molecule has 1 aliphatic heterocycles. The van der Waals surface area contributed by atoms with Gasteiger partial charge in [0.25, 0.3) is 5.91 Å². The Morgan fingerprint density at radius 2 is 2.15 bits per heavy atom. The van der Waals surface area contributed by atoms with E-state index in [0.29, 0.717) is 30.1 Å². The van der Waals surface area contributed by atoms with Gasteiger partial charge in [-0.1, -0.05) is 25.5 Å². The summed E-state index contributed by atoms with van der Waals surface area (Å²) in [6.07, 6.45) is 5.36. The molecular weight excluding hydrogens is 333 g/mol. The maximum Gasteiger partial charge on any atom is 0.257 e. The molecule has 1 fully saturated rings. The first-order valence-corrected chi connectivity index (χ1v) is 9.14. The number of amides is 1. The Hall–Kier alpha value is -2.21. The Morgan fingerprint density at radius 1 is 1.38 bits per heavy atom. The second-order valence-corrected chi connectivity index (χ2v) is 6.97. The van der Waals surface area contributed by atoms with Crippen molar-refractivity contribution in [2.24, 2.45) is 0 Å². The zero-order valence-corrected chi connectivity index (χ0v) is 15.7. The van der Waals surface area contributed by atoms with Crippen LogP contribution >= 0.6 is 0 Å². The molecule has 0 N–H and O–H groups in total. The molecule has 0 bridgehead atoms. The van der Waals surface area contributed by atoms with Gasteiger partial charge in [-0.15, -0.1) is 0 Å². The van der Waals surface area contributed by atoms with E-state index < -0.39 is 0 Å². The lowest BCUT2D eigenvalue weighted by Crippen LogP contribution is -2.50. The molecule has 2 aromatic rings. The molecule has 2 heterocycles. The third kappa shape index (κ3) is 3.14. The van der Waals surface area contributed by atoms with Crippen molar-refractivity contribution in [3.8, 4) is 5.69 Å². The second-order valence-electron chi connectivity index (χ2n) is 6.97. The van der Waals surface area contributed by atoms with Gasteiger partial charge in [-0.25, -0.2) is 9.07 Å². The first-order valence-electron chi connectivity index (χ1n) is 9.14. The van der Waals surface area contributed by atoms with Crippen LogP contribution in [0.3, 0.4) is 0 Å². The van der Waals surface area contributed by atoms with Gasteiger partial charge in [-0.05, 0) is 38.3 Å². The number of aromatic nitrogens is 2. The van der Waals surface area contributed by atoms with Gasteiger partial charge in [0.15, 0.2) is 0 Å². The SMILES string of the molecule is CCCC1(COC)CCCN1C(=O)c1cnn(-c2ccccc2F)c1C. The fourth-order valence-corrected chi connectivity index (χ4v) is 4.10. The standard InChI is InChI=1S/C20H26FN3O2/c1-4-10-20(14-26-3)11-7-12-23(20)19(25)16-13-22-24(15(16)2)18-9-6-5-8-17(18)21/h5-6,8-9,13H,4,7,10-12,14H2,1-3H3. The van der Waals surface area contributed by atoms with Crippen molar-refractivity contribution in [1.29, 1.82) is 0 Å². The molecular formula is C20H26FN3O2. The lowest BCUT2D eigenvalue weighted by atomic mass is 9.91. The number of hydrogen-bond donors (Lipinski definition) is 0. The van der Waals surface area contributed by atoms with Crippen molar-refractivity contribution in [3.63, 3.8) is 0 Å². The average molecular weight is 359 g/mol. The predicted molar refractivity (Wildman–Crippen MR) is 98.0 cm³/mol. The minimum Gasteiger partial charge on any atom is -0.382 e. The molecule has 1 saturated heterocycles. The topological polar surface area (TPSA) is 47.4 Å². The summed E-state index contributed by atoms with van der Waals surface area (Å²) in [7, 11) is 1.68. The molecule has 0 radical (unpaired) electrons. The monoisotopic (exact) mass is 359 g/mol. The fourth-order valence-electron chi connectivity index (χ4n) is 4.10. The minimum atomic E-state index is -0.362. The van der Waals surface area contributed by atoms with Crippen molar-refractivity contribution < 1.29 is 13.9 Å². The van der Waals surface area contributed by atoms with Crippen LogP contribution in [0.4, 0.5) is 4.39 Å². The molecule has 140 valence electrons. The van der Waals surface area contributed by atoms with Gasteiger partial charge in [0, 0.05) is 13.7 Å². The average Bonchev–Trinajstić information content (AvgIpc) is 3.20. The fraction of sp³-hybridized carbons (Fsp3) is 0.500. The lowest BCUT2D eigenvalue weighted by molar-refractivity contribution is 0.0254. The Labute approximate surface area is 153 Å². The maximum absolute atomic E-state index is 14.1. The number of methoxy groups -OCH3 is 1. The molecule has 5 nitrogen and oxygen atoms in total. The van der Waals surface area contributed by atoms with Gasteiger partial charge in [-0.3, -0.25) is 4.79 Å². The number of nitrogens with zero attached hydrogens (tertiary/aromatic N) is 3. The summed E-state index contributed by atoms with van der Waals surface area (Å²) in [4.78, 5) is 15.2. The third-order valence-corrected chi connectivity index (χ3v) is 5.29. The van der Waals surface area contributed by atoms with E-state index in [-0.39, 0.29) is 17.3 Å². The zero-order valence-electron chi connectivity index (χ0n) is 15.7. The highest BCUT2D eigenvalue weighted by atomic mass is 19.1. The lowest BCUT2D eigenvalue weighted by Gasteiger charge is -2.38. The Balaban J connectivity index is 1.94. The molecule has 6 heteroatoms. The largest absolute Gasteiger partial charge is 0.382 e. The summed E-state index contributed by atoms with van der Waals surface area (Å²) in [5.41, 5.74) is 1.26. The first-order chi connectivity index (χ1) is 12.5. The molecule has 0 aliphatic carbocycles. The smallest absolute Gasteiger partial charge is 0.257 e. The molecule has 1 amide bonds. The molecule has 1 unspecified atom stereocenters. The number of rotatable bonds is 6. The van der Waals surface area contributed by atoms with Gasteiger partial charge < -0.3 is 9.64 Å². The van der Waals surface area contributed by atoms with Crippen molar-refractivity contribution >= 4 is 5.91 Å². The van der Waals surface area contributed by atoms with Crippen LogP contribution in [0.5, 0.6) is 0 Å². The Morgan fingerprint density at radius 3 is 2.85 bits per heavy atom. The third-order valence-electron chi connectivity index (χ3n) is 5.29. The van der Waals surface area contributed by atoms with E-state index in [4.69, 9.17) is 4.74 Å². The van der Waals surface area contributed by atoms with Gasteiger partial charge >= 0.3 is 0 Å². The van der Waals surface area contributed by atoms with Crippen molar-refractivity contribution in [1.82, 2.24) is 14.7 Å². The van der Waals surface area contributed by atoms with E-state index in [1.165, 1.54) is 10.7 Å². The number of hydrogen-bond acceptors (Lipinski definition) is 3. The molecule has 3 rings (SSSR count). The molecule has 1 aliphatic rings. The van der Waals surface area contributed by atoms with Crippen LogP contribution in [0, 0.1) is 12.7 Å². The first kappa shape index (κ1) is 18.6. The summed E-state index contributed by atoms with van der Waals surface area (Å²) < 4.78 is 21.1. The highest BCUT2D eigenvalue weighted by molar-refractivity contribution is 5.96. The van der Waals surface area contributed by atoms with E-state index in [9.17, 15) is 9.18 Å². The Bertz CT molecular complexity index is 781. The van der Waals surface area contributed by atoms with E-state index in [0.717, 1.165) is 25.7 Å². The van der Waals surface area contributed by atoms with Crippen LogP contribution in [-0.4, -0.2) is 46.4 Å². The van der Waals surface area contributed by atoms with Gasteiger partial charge in [0.1, 0.15) is 11.5 Å². The van der Waals surface area contributed by atoms with E-state index in [1.54, 1.807) is 38.4 Å². The molecule has 26 heavy (non-hydrogen) atoms. The number of para-hydroxylation sites is 1. The number of carbonyl (C=O) groups is 1. The van der Waals surface area contributed by atoms with Crippen LogP contribution in [0.1, 0.15) is 48.7 Å². The van der Waals surface area contributed by atoms with Crippen LogP contribution in [-0.2, 0) is 4.74 Å². The van der Waals surface area contributed by atoms with Gasteiger partial charge in [0.2, 0.25) is 0 Å². The quantitative estimate of drug-likeness (QED) is 0.789. The van der Waals surface area contributed by atoms with Crippen LogP contribution in [0.15, 0.2) is 30.5 Å². The summed E-state index contributed by atoms with van der Waals surface area (Å²) in [5, 5.41) is 4.28. The highest BCUT2D eigenvalue weighted by Crippen LogP contribution is 2.35. The number of carbonyl (C=O) groups excluding carboxylic acids is 1. The molecule has 1 aromatic carbocycles. The van der Waals surface area contributed by atoms with Gasteiger partial charge in [-0.2, -0.15) is 5.10 Å². The maximum atomic E-state index is 14.1. The highest BCUT2D eigenvalue weighted by Gasteiger charge is 2.43. The number of benzene rings is 1. The van der Waals surface area contributed by atoms with E-state index in [2.05, 4.69) is 12.0 Å². The molecule has 0 saturated carbocycles. The second kappa shape index (κ2) is 7.58. The minimum absolute atomic E-state index is 0.0481. The van der Waals surface area contributed by atoms with E-state index >= 15 is 0 Å². The summed E-state index contributed by atoms with van der Waals surface area (Å²) in [6.45, 7) is 5.18.